The molecule has 1 aliphatic carbocycles. The molecule has 1 saturated carbocycles. The van der Waals surface area contributed by atoms with E-state index in [1.54, 1.807) is 0 Å². The van der Waals surface area contributed by atoms with E-state index in [0.29, 0.717) is 12.1 Å². The first-order valence-corrected chi connectivity index (χ1v) is 11.6. The van der Waals surface area contributed by atoms with Crippen molar-refractivity contribution in [2.45, 2.75) is 96.2 Å². The molecule has 1 saturated heterocycles. The van der Waals surface area contributed by atoms with Gasteiger partial charge in [-0.3, -0.25) is 0 Å². The third kappa shape index (κ3) is 6.45. The van der Waals surface area contributed by atoms with Gasteiger partial charge in [0.2, 0.25) is 0 Å². The zero-order valence-electron chi connectivity index (χ0n) is 18.0. The van der Waals surface area contributed by atoms with Gasteiger partial charge < -0.3 is 15.0 Å². The second-order valence-corrected chi connectivity index (χ2v) is 9.99. The van der Waals surface area contributed by atoms with Crippen LogP contribution < -0.4 is 5.32 Å². The fourth-order valence-electron chi connectivity index (χ4n) is 4.27. The average Bonchev–Trinajstić information content (AvgIpc) is 3.03. The number of ether oxygens (including phenoxy) is 1. The van der Waals surface area contributed by atoms with Crippen LogP contribution in [-0.4, -0.2) is 35.3 Å². The van der Waals surface area contributed by atoms with E-state index in [0.717, 1.165) is 31.2 Å². The van der Waals surface area contributed by atoms with Crippen molar-refractivity contribution >= 4 is 17.3 Å². The number of nitrogens with zero attached hydrogens (tertiary/aromatic N) is 1. The highest BCUT2D eigenvalue weighted by molar-refractivity contribution is 7.80. The Bertz CT molecular complexity index is 608. The van der Waals surface area contributed by atoms with Gasteiger partial charge in [0.15, 0.2) is 5.11 Å². The van der Waals surface area contributed by atoms with Crippen molar-refractivity contribution in [3.05, 3.63) is 35.4 Å². The molecule has 1 N–H and O–H groups in total. The summed E-state index contributed by atoms with van der Waals surface area (Å²) >= 11 is 5.88. The van der Waals surface area contributed by atoms with Gasteiger partial charge in [-0.2, -0.15) is 0 Å². The minimum Gasteiger partial charge on any atom is -0.376 e. The molecule has 3 rings (SSSR count). The Kier molecular flexibility index (Phi) is 7.76. The van der Waals surface area contributed by atoms with Gasteiger partial charge in [0.1, 0.15) is 0 Å². The van der Waals surface area contributed by atoms with Crippen LogP contribution in [0.25, 0.3) is 0 Å². The van der Waals surface area contributed by atoms with Crippen LogP contribution in [-0.2, 0) is 16.7 Å². The summed E-state index contributed by atoms with van der Waals surface area (Å²) in [4.78, 5) is 2.34. The second kappa shape index (κ2) is 10.1. The molecule has 1 aromatic rings. The minimum absolute atomic E-state index is 0.187. The maximum Gasteiger partial charge on any atom is 0.169 e. The van der Waals surface area contributed by atoms with Crippen molar-refractivity contribution in [1.29, 1.82) is 0 Å². The van der Waals surface area contributed by atoms with Crippen LogP contribution in [0.5, 0.6) is 0 Å². The topological polar surface area (TPSA) is 24.5 Å². The second-order valence-electron chi connectivity index (χ2n) is 9.60. The SMILES string of the molecule is CC(C)(C)c1ccc(CN(CC2CCCO2)C(=S)NC2CCCCCC2)cc1. The largest absolute Gasteiger partial charge is 0.376 e. The normalized spacial score (nSPS) is 21.3. The molecular formula is C24H38N2OS. The van der Waals surface area contributed by atoms with Crippen molar-refractivity contribution in [1.82, 2.24) is 10.2 Å². The molecule has 3 nitrogen and oxygen atoms in total. The standard InChI is InChI=1S/C24H38N2OS/c1-24(2,3)20-14-12-19(13-15-20)17-26(18-22-11-8-16-27-22)23(28)25-21-9-6-4-5-7-10-21/h12-15,21-22H,4-11,16-18H2,1-3H3,(H,25,28). The molecule has 0 radical (unpaired) electrons. The Hall–Kier alpha value is -1.13. The monoisotopic (exact) mass is 402 g/mol. The third-order valence-electron chi connectivity index (χ3n) is 6.11. The summed E-state index contributed by atoms with van der Waals surface area (Å²) in [7, 11) is 0. The van der Waals surface area contributed by atoms with Gasteiger partial charge in [-0.25, -0.2) is 0 Å². The lowest BCUT2D eigenvalue weighted by atomic mass is 9.87. The van der Waals surface area contributed by atoms with Crippen molar-refractivity contribution in [3.63, 3.8) is 0 Å². The zero-order chi connectivity index (χ0) is 20.0. The fraction of sp³-hybridized carbons (Fsp3) is 0.708. The fourth-order valence-corrected chi connectivity index (χ4v) is 4.58. The number of nitrogens with one attached hydrogen (secondary N) is 1. The quantitative estimate of drug-likeness (QED) is 0.514. The Balaban J connectivity index is 1.66. The zero-order valence-corrected chi connectivity index (χ0v) is 18.8. The lowest BCUT2D eigenvalue weighted by Gasteiger charge is -2.31. The van der Waals surface area contributed by atoms with E-state index < -0.39 is 0 Å². The highest BCUT2D eigenvalue weighted by atomic mass is 32.1. The van der Waals surface area contributed by atoms with E-state index in [9.17, 15) is 0 Å². The Morgan fingerprint density at radius 2 is 1.71 bits per heavy atom. The van der Waals surface area contributed by atoms with Gasteiger partial charge in [0.05, 0.1) is 6.10 Å². The van der Waals surface area contributed by atoms with Crippen molar-refractivity contribution < 1.29 is 4.74 Å². The smallest absolute Gasteiger partial charge is 0.169 e. The first-order chi connectivity index (χ1) is 13.4. The predicted octanol–water partition coefficient (Wildman–Crippen LogP) is 5.56. The molecule has 2 fully saturated rings. The molecule has 28 heavy (non-hydrogen) atoms. The maximum absolute atomic E-state index is 5.92. The van der Waals surface area contributed by atoms with E-state index in [2.05, 4.69) is 55.3 Å². The van der Waals surface area contributed by atoms with Gasteiger partial charge >= 0.3 is 0 Å². The minimum atomic E-state index is 0.187. The van der Waals surface area contributed by atoms with Gasteiger partial charge in [0, 0.05) is 25.7 Å². The van der Waals surface area contributed by atoms with Crippen LogP contribution in [0.15, 0.2) is 24.3 Å². The van der Waals surface area contributed by atoms with Crippen LogP contribution in [0.2, 0.25) is 0 Å². The van der Waals surface area contributed by atoms with Crippen molar-refractivity contribution in [2.24, 2.45) is 0 Å². The highest BCUT2D eigenvalue weighted by Crippen LogP contribution is 2.23. The molecular weight excluding hydrogens is 364 g/mol. The van der Waals surface area contributed by atoms with E-state index in [1.807, 2.05) is 0 Å². The summed E-state index contributed by atoms with van der Waals surface area (Å²) in [5.74, 6) is 0. The van der Waals surface area contributed by atoms with Gasteiger partial charge in [-0.15, -0.1) is 0 Å². The van der Waals surface area contributed by atoms with Gasteiger partial charge in [-0.1, -0.05) is 70.7 Å². The van der Waals surface area contributed by atoms with E-state index in [-0.39, 0.29) is 5.41 Å². The van der Waals surface area contributed by atoms with Crippen LogP contribution >= 0.6 is 12.2 Å². The van der Waals surface area contributed by atoms with E-state index >= 15 is 0 Å². The third-order valence-corrected chi connectivity index (χ3v) is 6.49. The molecule has 1 atom stereocenters. The van der Waals surface area contributed by atoms with E-state index in [4.69, 9.17) is 17.0 Å². The molecule has 0 aromatic heterocycles. The lowest BCUT2D eigenvalue weighted by molar-refractivity contribution is 0.0895. The molecule has 156 valence electrons. The van der Waals surface area contributed by atoms with Crippen LogP contribution in [0.4, 0.5) is 0 Å². The first-order valence-electron chi connectivity index (χ1n) is 11.2. The molecule has 4 heteroatoms. The molecule has 2 aliphatic rings. The molecule has 0 amide bonds. The number of benzene rings is 1. The summed E-state index contributed by atoms with van der Waals surface area (Å²) in [6.45, 7) is 9.41. The van der Waals surface area contributed by atoms with Crippen molar-refractivity contribution in [3.8, 4) is 0 Å². The Labute approximate surface area is 177 Å². The summed E-state index contributed by atoms with van der Waals surface area (Å²) < 4.78 is 5.92. The van der Waals surface area contributed by atoms with Crippen LogP contribution in [0.1, 0.15) is 83.3 Å². The van der Waals surface area contributed by atoms with Crippen molar-refractivity contribution in [2.75, 3.05) is 13.2 Å². The highest BCUT2D eigenvalue weighted by Gasteiger charge is 2.23. The number of thiocarbonyl (C=S) groups is 1. The molecule has 1 unspecified atom stereocenters. The number of rotatable bonds is 5. The molecule has 0 bridgehead atoms. The Morgan fingerprint density at radius 1 is 1.04 bits per heavy atom. The first kappa shape index (κ1) is 21.6. The maximum atomic E-state index is 5.92. The summed E-state index contributed by atoms with van der Waals surface area (Å²) in [5.41, 5.74) is 2.88. The molecule has 0 spiro atoms. The number of hydrogen-bond donors (Lipinski definition) is 1. The van der Waals surface area contributed by atoms with Gasteiger partial charge in [-0.05, 0) is 54.4 Å². The molecule has 1 aromatic carbocycles. The number of hydrogen-bond acceptors (Lipinski definition) is 2. The lowest BCUT2D eigenvalue weighted by Crippen LogP contribution is -2.46. The summed E-state index contributed by atoms with van der Waals surface area (Å²) in [5, 5.41) is 4.60. The van der Waals surface area contributed by atoms with E-state index in [1.165, 1.54) is 56.1 Å². The Morgan fingerprint density at radius 3 is 2.29 bits per heavy atom. The molecule has 1 aliphatic heterocycles. The van der Waals surface area contributed by atoms with Gasteiger partial charge in [0.25, 0.3) is 0 Å². The summed E-state index contributed by atoms with van der Waals surface area (Å²) in [6.07, 6.45) is 10.5. The van der Waals surface area contributed by atoms with Crippen LogP contribution in [0, 0.1) is 0 Å². The van der Waals surface area contributed by atoms with Crippen LogP contribution in [0.3, 0.4) is 0 Å². The average molecular weight is 403 g/mol. The molecule has 1 heterocycles. The predicted molar refractivity (Wildman–Crippen MR) is 122 cm³/mol. The summed E-state index contributed by atoms with van der Waals surface area (Å²) in [6, 6.07) is 9.59.